The summed E-state index contributed by atoms with van der Waals surface area (Å²) in [6, 6.07) is 20.3. The molecular formula is C29H31Cl2NO5. The van der Waals surface area contributed by atoms with E-state index in [4.69, 9.17) is 42.1 Å². The zero-order valence-corrected chi connectivity index (χ0v) is 22.7. The molecule has 37 heavy (non-hydrogen) atoms. The number of hydrogen-bond acceptors (Lipinski definition) is 5. The Labute approximate surface area is 228 Å². The van der Waals surface area contributed by atoms with E-state index in [0.717, 1.165) is 16.7 Å². The van der Waals surface area contributed by atoms with Gasteiger partial charge >= 0.3 is 0 Å². The number of rotatable bonds is 10. The Hall–Kier alpha value is -2.77. The molecule has 1 aliphatic heterocycles. The molecule has 3 unspecified atom stereocenters. The van der Waals surface area contributed by atoms with Gasteiger partial charge in [0.1, 0.15) is 12.7 Å². The van der Waals surface area contributed by atoms with E-state index in [1.54, 1.807) is 14.2 Å². The molecule has 0 bridgehead atoms. The van der Waals surface area contributed by atoms with E-state index in [9.17, 15) is 4.79 Å². The number of halogens is 2. The fourth-order valence-electron chi connectivity index (χ4n) is 4.69. The zero-order valence-electron chi connectivity index (χ0n) is 21.2. The van der Waals surface area contributed by atoms with Crippen LogP contribution in [0.5, 0.6) is 11.5 Å². The summed E-state index contributed by atoms with van der Waals surface area (Å²) < 4.78 is 23.0. The van der Waals surface area contributed by atoms with Gasteiger partial charge in [-0.1, -0.05) is 60.5 Å². The lowest BCUT2D eigenvalue weighted by Gasteiger charge is -2.45. The van der Waals surface area contributed by atoms with E-state index in [2.05, 4.69) is 6.92 Å². The second-order valence-electron chi connectivity index (χ2n) is 8.85. The molecule has 0 radical (unpaired) electrons. The highest BCUT2D eigenvalue weighted by molar-refractivity contribution is 6.30. The first-order valence-electron chi connectivity index (χ1n) is 12.2. The third-order valence-corrected chi connectivity index (χ3v) is 7.03. The molecule has 196 valence electrons. The van der Waals surface area contributed by atoms with Crippen LogP contribution in [0.25, 0.3) is 0 Å². The smallest absolute Gasteiger partial charge is 0.249 e. The van der Waals surface area contributed by atoms with E-state index < -0.39 is 6.10 Å². The molecule has 3 aromatic rings. The number of benzene rings is 3. The molecule has 1 amide bonds. The lowest BCUT2D eigenvalue weighted by atomic mass is 9.91. The standard InChI is InChI=1S/C29H31Cl2NO5/c1-4-24(17-36-16-19-8-13-25(34-2)26(14-19)35-3)32-27(33)18-37-29(21-6-5-7-23(31)15-21)28(32)20-9-11-22(30)12-10-20/h5-15,24,28-29H,4,16-18H2,1-3H3. The van der Waals surface area contributed by atoms with Crippen molar-refractivity contribution in [3.8, 4) is 11.5 Å². The lowest BCUT2D eigenvalue weighted by molar-refractivity contribution is -0.166. The molecule has 6 nitrogen and oxygen atoms in total. The molecular weight excluding hydrogens is 513 g/mol. The van der Waals surface area contributed by atoms with Gasteiger partial charge in [-0.3, -0.25) is 4.79 Å². The Balaban J connectivity index is 1.59. The van der Waals surface area contributed by atoms with Crippen LogP contribution in [0.4, 0.5) is 0 Å². The Morgan fingerprint density at radius 3 is 2.38 bits per heavy atom. The number of hydrogen-bond donors (Lipinski definition) is 0. The van der Waals surface area contributed by atoms with Crippen LogP contribution >= 0.6 is 23.2 Å². The zero-order chi connectivity index (χ0) is 26.4. The van der Waals surface area contributed by atoms with Crippen molar-refractivity contribution in [1.29, 1.82) is 0 Å². The molecule has 3 atom stereocenters. The normalized spacial score (nSPS) is 18.5. The minimum Gasteiger partial charge on any atom is -0.493 e. The van der Waals surface area contributed by atoms with Crippen molar-refractivity contribution < 1.29 is 23.7 Å². The maximum absolute atomic E-state index is 13.3. The van der Waals surface area contributed by atoms with Crippen molar-refractivity contribution in [3.63, 3.8) is 0 Å². The maximum atomic E-state index is 13.3. The summed E-state index contributed by atoms with van der Waals surface area (Å²) in [5, 5.41) is 1.24. The second-order valence-corrected chi connectivity index (χ2v) is 9.72. The van der Waals surface area contributed by atoms with Gasteiger partial charge < -0.3 is 23.8 Å². The molecule has 1 fully saturated rings. The van der Waals surface area contributed by atoms with Crippen LogP contribution in [-0.2, 0) is 20.9 Å². The predicted octanol–water partition coefficient (Wildman–Crippen LogP) is 6.65. The molecule has 1 aliphatic rings. The summed E-state index contributed by atoms with van der Waals surface area (Å²) in [4.78, 5) is 15.2. The summed E-state index contributed by atoms with van der Waals surface area (Å²) in [6.07, 6.45) is 0.321. The Morgan fingerprint density at radius 1 is 0.946 bits per heavy atom. The summed E-state index contributed by atoms with van der Waals surface area (Å²) in [6.45, 7) is 2.77. The number of carbonyl (C=O) groups excluding carboxylic acids is 1. The molecule has 8 heteroatoms. The largest absolute Gasteiger partial charge is 0.493 e. The third kappa shape index (κ3) is 6.39. The van der Waals surface area contributed by atoms with Crippen molar-refractivity contribution in [2.24, 2.45) is 0 Å². The van der Waals surface area contributed by atoms with Gasteiger partial charge in [-0.2, -0.15) is 0 Å². The highest BCUT2D eigenvalue weighted by Crippen LogP contribution is 2.42. The topological polar surface area (TPSA) is 57.2 Å². The van der Waals surface area contributed by atoms with Crippen molar-refractivity contribution in [1.82, 2.24) is 4.90 Å². The van der Waals surface area contributed by atoms with Crippen molar-refractivity contribution in [2.75, 3.05) is 27.4 Å². The van der Waals surface area contributed by atoms with Crippen LogP contribution in [0.3, 0.4) is 0 Å². The van der Waals surface area contributed by atoms with Crippen molar-refractivity contribution in [3.05, 3.63) is 93.5 Å². The first-order valence-corrected chi connectivity index (χ1v) is 12.9. The summed E-state index contributed by atoms with van der Waals surface area (Å²) in [5.74, 6) is 1.22. The predicted molar refractivity (Wildman–Crippen MR) is 144 cm³/mol. The minimum absolute atomic E-state index is 0.0204. The number of amides is 1. The quantitative estimate of drug-likeness (QED) is 0.286. The highest BCUT2D eigenvalue weighted by atomic mass is 35.5. The Morgan fingerprint density at radius 2 is 1.70 bits per heavy atom. The average Bonchev–Trinajstić information content (AvgIpc) is 2.91. The summed E-state index contributed by atoms with van der Waals surface area (Å²) in [5.41, 5.74) is 2.79. The van der Waals surface area contributed by atoms with Gasteiger partial charge in [-0.25, -0.2) is 0 Å². The van der Waals surface area contributed by atoms with E-state index in [1.165, 1.54) is 0 Å². The fraction of sp³-hybridized carbons (Fsp3) is 0.345. The molecule has 3 aromatic carbocycles. The molecule has 1 heterocycles. The number of morpholine rings is 1. The number of methoxy groups -OCH3 is 2. The highest BCUT2D eigenvalue weighted by Gasteiger charge is 2.41. The SMILES string of the molecule is CCC(COCc1ccc(OC)c(OC)c1)N1C(=O)COC(c2cccc(Cl)c2)C1c1ccc(Cl)cc1. The second kappa shape index (κ2) is 12.7. The van der Waals surface area contributed by atoms with Gasteiger partial charge in [0.15, 0.2) is 11.5 Å². The van der Waals surface area contributed by atoms with Gasteiger partial charge in [0.25, 0.3) is 0 Å². The fourth-order valence-corrected chi connectivity index (χ4v) is 5.02. The summed E-state index contributed by atoms with van der Waals surface area (Å²) >= 11 is 12.5. The van der Waals surface area contributed by atoms with E-state index in [0.29, 0.717) is 41.2 Å². The minimum atomic E-state index is -0.391. The first-order chi connectivity index (χ1) is 17.9. The Kier molecular flexibility index (Phi) is 9.33. The number of nitrogens with zero attached hydrogens (tertiary/aromatic N) is 1. The van der Waals surface area contributed by atoms with Gasteiger partial charge in [0.2, 0.25) is 5.91 Å². The Bertz CT molecular complexity index is 1200. The first kappa shape index (κ1) is 27.3. The number of carbonyl (C=O) groups is 1. The van der Waals surface area contributed by atoms with Crippen molar-refractivity contribution in [2.45, 2.75) is 38.1 Å². The molecule has 4 rings (SSSR count). The molecule has 1 saturated heterocycles. The maximum Gasteiger partial charge on any atom is 0.249 e. The van der Waals surface area contributed by atoms with Crippen molar-refractivity contribution >= 4 is 29.1 Å². The average molecular weight is 544 g/mol. The van der Waals surface area contributed by atoms with Gasteiger partial charge in [-0.15, -0.1) is 0 Å². The van der Waals surface area contributed by atoms with Crippen LogP contribution < -0.4 is 9.47 Å². The molecule has 0 spiro atoms. The molecule has 0 N–H and O–H groups in total. The van der Waals surface area contributed by atoms with Gasteiger partial charge in [-0.05, 0) is 59.5 Å². The van der Waals surface area contributed by atoms with E-state index >= 15 is 0 Å². The molecule has 0 aliphatic carbocycles. The number of ether oxygens (including phenoxy) is 4. The third-order valence-electron chi connectivity index (χ3n) is 6.54. The van der Waals surface area contributed by atoms with Crippen LogP contribution in [0, 0.1) is 0 Å². The van der Waals surface area contributed by atoms with Gasteiger partial charge in [0, 0.05) is 10.0 Å². The van der Waals surface area contributed by atoms with Crippen LogP contribution in [0.15, 0.2) is 66.7 Å². The monoisotopic (exact) mass is 543 g/mol. The van der Waals surface area contributed by atoms with Crippen LogP contribution in [-0.4, -0.2) is 44.3 Å². The van der Waals surface area contributed by atoms with E-state index in [1.807, 2.05) is 71.6 Å². The van der Waals surface area contributed by atoms with Crippen LogP contribution in [0.2, 0.25) is 10.0 Å². The van der Waals surface area contributed by atoms with Crippen LogP contribution in [0.1, 0.15) is 42.2 Å². The molecule has 0 saturated carbocycles. The lowest BCUT2D eigenvalue weighted by Crippen LogP contribution is -2.52. The van der Waals surface area contributed by atoms with E-state index in [-0.39, 0.29) is 24.6 Å². The molecule has 0 aromatic heterocycles. The summed E-state index contributed by atoms with van der Waals surface area (Å²) in [7, 11) is 3.21. The van der Waals surface area contributed by atoms with Gasteiger partial charge in [0.05, 0.1) is 39.5 Å².